The summed E-state index contributed by atoms with van der Waals surface area (Å²) in [5, 5.41) is 20.9. The molecule has 1 amide bonds. The van der Waals surface area contributed by atoms with Gasteiger partial charge in [-0.15, -0.1) is 0 Å². The zero-order chi connectivity index (χ0) is 18.4. The molecule has 0 unspecified atom stereocenters. The van der Waals surface area contributed by atoms with Crippen molar-refractivity contribution in [3.05, 3.63) is 89.5 Å². The maximum Gasteiger partial charge on any atom is 0.228 e. The fraction of sp³-hybridized carbons (Fsp3) is 0.0455. The van der Waals surface area contributed by atoms with Crippen molar-refractivity contribution in [3.63, 3.8) is 0 Å². The van der Waals surface area contributed by atoms with E-state index in [1.165, 1.54) is 0 Å². The summed E-state index contributed by atoms with van der Waals surface area (Å²) in [6, 6.07) is 26.0. The summed E-state index contributed by atoms with van der Waals surface area (Å²) in [6.45, 7) is 0. The Morgan fingerprint density at radius 2 is 1.54 bits per heavy atom. The Bertz CT molecular complexity index is 1040. The number of carbonyl (C=O) groups excluding carboxylic acids is 1. The molecule has 1 N–H and O–H groups in total. The lowest BCUT2D eigenvalue weighted by atomic mass is 9.96. The van der Waals surface area contributed by atoms with Gasteiger partial charge in [-0.1, -0.05) is 42.5 Å². The summed E-state index contributed by atoms with van der Waals surface area (Å²) >= 11 is 0. The molecule has 0 fully saturated rings. The number of benzene rings is 3. The van der Waals surface area contributed by atoms with Gasteiger partial charge in [0.05, 0.1) is 29.7 Å². The standard InChI is InChI=1S/C22H15N3O/c23-14-16-5-3-8-18(11-16)21-10-2-1-7-19(21)13-22(26)25-20-9-4-6-17(12-20)15-24/h1-12H,13H2,(H,25,26). The van der Waals surface area contributed by atoms with Crippen LogP contribution >= 0.6 is 0 Å². The SMILES string of the molecule is N#Cc1cccc(NC(=O)Cc2ccccc2-c2cccc(C#N)c2)c1. The van der Waals surface area contributed by atoms with Gasteiger partial charge in [-0.05, 0) is 47.0 Å². The van der Waals surface area contributed by atoms with Crippen molar-refractivity contribution in [2.45, 2.75) is 6.42 Å². The summed E-state index contributed by atoms with van der Waals surface area (Å²) in [5.41, 5.74) is 4.37. The molecule has 0 saturated carbocycles. The second-order valence-corrected chi connectivity index (χ2v) is 5.77. The lowest BCUT2D eigenvalue weighted by Crippen LogP contribution is -2.15. The second-order valence-electron chi connectivity index (χ2n) is 5.77. The zero-order valence-electron chi connectivity index (χ0n) is 13.9. The second kappa shape index (κ2) is 7.79. The van der Waals surface area contributed by atoms with E-state index in [2.05, 4.69) is 17.5 Å². The first-order valence-corrected chi connectivity index (χ1v) is 8.08. The van der Waals surface area contributed by atoms with Crippen LogP contribution in [0.1, 0.15) is 16.7 Å². The maximum atomic E-state index is 12.4. The molecule has 4 heteroatoms. The molecule has 3 aromatic carbocycles. The number of nitriles is 2. The molecule has 4 nitrogen and oxygen atoms in total. The average Bonchev–Trinajstić information content (AvgIpc) is 2.68. The van der Waals surface area contributed by atoms with Crippen LogP contribution in [0.5, 0.6) is 0 Å². The third-order valence-corrected chi connectivity index (χ3v) is 3.95. The van der Waals surface area contributed by atoms with Gasteiger partial charge in [0.1, 0.15) is 0 Å². The van der Waals surface area contributed by atoms with Crippen molar-refractivity contribution < 1.29 is 4.79 Å². The van der Waals surface area contributed by atoms with Gasteiger partial charge in [-0.25, -0.2) is 0 Å². The largest absolute Gasteiger partial charge is 0.326 e. The van der Waals surface area contributed by atoms with E-state index >= 15 is 0 Å². The minimum absolute atomic E-state index is 0.163. The molecule has 0 atom stereocenters. The number of nitrogens with one attached hydrogen (secondary N) is 1. The smallest absolute Gasteiger partial charge is 0.228 e. The number of hydrogen-bond donors (Lipinski definition) is 1. The van der Waals surface area contributed by atoms with Gasteiger partial charge in [-0.3, -0.25) is 4.79 Å². The first-order valence-electron chi connectivity index (χ1n) is 8.08. The van der Waals surface area contributed by atoms with Gasteiger partial charge in [0.15, 0.2) is 0 Å². The Morgan fingerprint density at radius 1 is 0.846 bits per heavy atom. The Hall–Kier alpha value is -3.89. The molecule has 3 aromatic rings. The third-order valence-electron chi connectivity index (χ3n) is 3.95. The van der Waals surface area contributed by atoms with Crippen LogP contribution in [0.25, 0.3) is 11.1 Å². The Morgan fingerprint density at radius 3 is 2.31 bits per heavy atom. The molecule has 0 aliphatic heterocycles. The minimum atomic E-state index is -0.163. The highest BCUT2D eigenvalue weighted by molar-refractivity contribution is 5.93. The van der Waals surface area contributed by atoms with Crippen molar-refractivity contribution in [1.29, 1.82) is 10.5 Å². The molecule has 26 heavy (non-hydrogen) atoms. The van der Waals surface area contributed by atoms with Gasteiger partial charge < -0.3 is 5.32 Å². The summed E-state index contributed by atoms with van der Waals surface area (Å²) in [6.07, 6.45) is 0.198. The van der Waals surface area contributed by atoms with E-state index in [1.54, 1.807) is 30.3 Å². The van der Waals surface area contributed by atoms with Crippen LogP contribution in [0, 0.1) is 22.7 Å². The molecule has 0 saturated heterocycles. The molecule has 0 aliphatic carbocycles. The summed E-state index contributed by atoms with van der Waals surface area (Å²) in [7, 11) is 0. The van der Waals surface area contributed by atoms with Crippen LogP contribution < -0.4 is 5.32 Å². The van der Waals surface area contributed by atoms with E-state index in [1.807, 2.05) is 42.5 Å². The van der Waals surface area contributed by atoms with E-state index < -0.39 is 0 Å². The summed E-state index contributed by atoms with van der Waals surface area (Å²) in [4.78, 5) is 12.4. The number of anilines is 1. The van der Waals surface area contributed by atoms with Crippen LogP contribution in [-0.2, 0) is 11.2 Å². The van der Waals surface area contributed by atoms with E-state index in [0.717, 1.165) is 16.7 Å². The molecular weight excluding hydrogens is 322 g/mol. The number of carbonyl (C=O) groups is 1. The van der Waals surface area contributed by atoms with Gasteiger partial charge >= 0.3 is 0 Å². The molecule has 3 rings (SSSR count). The van der Waals surface area contributed by atoms with E-state index in [-0.39, 0.29) is 12.3 Å². The van der Waals surface area contributed by atoms with Crippen molar-refractivity contribution in [2.75, 3.05) is 5.32 Å². The summed E-state index contributed by atoms with van der Waals surface area (Å²) in [5.74, 6) is -0.163. The van der Waals surface area contributed by atoms with Gasteiger partial charge in [0.2, 0.25) is 5.91 Å². The Labute approximate surface area is 152 Å². The van der Waals surface area contributed by atoms with Gasteiger partial charge in [0, 0.05) is 5.69 Å². The highest BCUT2D eigenvalue weighted by Crippen LogP contribution is 2.25. The molecular formula is C22H15N3O. The predicted molar refractivity (Wildman–Crippen MR) is 100 cm³/mol. The fourth-order valence-electron chi connectivity index (χ4n) is 2.76. The Kier molecular flexibility index (Phi) is 5.08. The first kappa shape index (κ1) is 17.0. The normalized spacial score (nSPS) is 9.77. The van der Waals surface area contributed by atoms with Crippen LogP contribution in [0.15, 0.2) is 72.8 Å². The number of rotatable bonds is 4. The van der Waals surface area contributed by atoms with Crippen molar-refractivity contribution in [1.82, 2.24) is 0 Å². The molecule has 0 aliphatic rings. The third kappa shape index (κ3) is 3.95. The number of hydrogen-bond acceptors (Lipinski definition) is 3. The van der Waals surface area contributed by atoms with E-state index in [9.17, 15) is 4.79 Å². The van der Waals surface area contributed by atoms with E-state index in [4.69, 9.17) is 10.5 Å². The van der Waals surface area contributed by atoms with Crippen LogP contribution in [0.3, 0.4) is 0 Å². The lowest BCUT2D eigenvalue weighted by Gasteiger charge is -2.11. The van der Waals surface area contributed by atoms with Crippen LogP contribution in [0.4, 0.5) is 5.69 Å². The van der Waals surface area contributed by atoms with Crippen LogP contribution in [0.2, 0.25) is 0 Å². The maximum absolute atomic E-state index is 12.4. The lowest BCUT2D eigenvalue weighted by molar-refractivity contribution is -0.115. The highest BCUT2D eigenvalue weighted by atomic mass is 16.1. The van der Waals surface area contributed by atoms with Crippen molar-refractivity contribution >= 4 is 11.6 Å². The molecule has 124 valence electrons. The minimum Gasteiger partial charge on any atom is -0.326 e. The molecule has 0 heterocycles. The Balaban J connectivity index is 1.83. The quantitative estimate of drug-likeness (QED) is 0.772. The average molecular weight is 337 g/mol. The number of amides is 1. The highest BCUT2D eigenvalue weighted by Gasteiger charge is 2.10. The molecule has 0 aromatic heterocycles. The monoisotopic (exact) mass is 337 g/mol. The first-order chi connectivity index (χ1) is 12.7. The molecule has 0 bridgehead atoms. The van der Waals surface area contributed by atoms with Gasteiger partial charge in [0.25, 0.3) is 0 Å². The zero-order valence-corrected chi connectivity index (χ0v) is 13.9. The summed E-state index contributed by atoms with van der Waals surface area (Å²) < 4.78 is 0. The van der Waals surface area contributed by atoms with Crippen LogP contribution in [-0.4, -0.2) is 5.91 Å². The van der Waals surface area contributed by atoms with Gasteiger partial charge in [-0.2, -0.15) is 10.5 Å². The number of nitrogens with zero attached hydrogens (tertiary/aromatic N) is 2. The molecule has 0 radical (unpaired) electrons. The molecule has 0 spiro atoms. The fourth-order valence-corrected chi connectivity index (χ4v) is 2.76. The van der Waals surface area contributed by atoms with Crippen molar-refractivity contribution in [2.24, 2.45) is 0 Å². The predicted octanol–water partition coefficient (Wildman–Crippen LogP) is 4.28. The van der Waals surface area contributed by atoms with E-state index in [0.29, 0.717) is 16.8 Å². The van der Waals surface area contributed by atoms with Crippen molar-refractivity contribution in [3.8, 4) is 23.3 Å². The topological polar surface area (TPSA) is 76.7 Å².